The Bertz CT molecular complexity index is 2150. The van der Waals surface area contributed by atoms with Crippen LogP contribution in [0.25, 0.3) is 5.65 Å². The lowest BCUT2D eigenvalue weighted by atomic mass is 9.70. The highest BCUT2D eigenvalue weighted by Crippen LogP contribution is 2.48. The standard InChI is InChI=1S/C39H50N6O7S/c1-24-8-9-28(33(38(5,6)37(46)47)31-12-17-45-27(4)41-42-34(45)26(31)3)21-29(24)22-44-23-39(13-14-39)52-36-32(53(44,48)49)20-25(2)35(40-36)51-19-18-43-15-10-30(50-7)11-16-43/h8-9,12,17,20-21,30,33H,10-11,13-16,18-19,22-23H2,1-7H3,(H,46,47)/t33-/m0/s1. The van der Waals surface area contributed by atoms with Gasteiger partial charge in [-0.15, -0.1) is 10.2 Å². The highest BCUT2D eigenvalue weighted by Gasteiger charge is 2.53. The Morgan fingerprint density at radius 2 is 1.81 bits per heavy atom. The summed E-state index contributed by atoms with van der Waals surface area (Å²) in [5.41, 5.74) is 3.52. The van der Waals surface area contributed by atoms with Crippen LogP contribution >= 0.6 is 0 Å². The number of methoxy groups -OCH3 is 1. The quantitative estimate of drug-likeness (QED) is 0.216. The van der Waals surface area contributed by atoms with Crippen molar-refractivity contribution >= 4 is 21.6 Å². The molecule has 1 aromatic carbocycles. The third-order valence-corrected chi connectivity index (χ3v) is 13.3. The van der Waals surface area contributed by atoms with Gasteiger partial charge < -0.3 is 19.3 Å². The summed E-state index contributed by atoms with van der Waals surface area (Å²) < 4.78 is 50.4. The molecular formula is C39H50N6O7S. The van der Waals surface area contributed by atoms with Gasteiger partial charge in [0, 0.05) is 51.0 Å². The van der Waals surface area contributed by atoms with E-state index in [1.807, 2.05) is 62.6 Å². The average Bonchev–Trinajstić information content (AvgIpc) is 3.79. The Morgan fingerprint density at radius 3 is 2.49 bits per heavy atom. The van der Waals surface area contributed by atoms with Crippen molar-refractivity contribution < 1.29 is 32.5 Å². The van der Waals surface area contributed by atoms with Crippen LogP contribution in [-0.4, -0.2) is 99.9 Å². The minimum absolute atomic E-state index is 0.0268. The third-order valence-electron chi connectivity index (χ3n) is 11.5. The molecule has 13 nitrogen and oxygen atoms in total. The normalized spacial score (nSPS) is 19.5. The van der Waals surface area contributed by atoms with Gasteiger partial charge in [0.1, 0.15) is 22.9 Å². The molecule has 0 bridgehead atoms. The number of aromatic nitrogens is 4. The summed E-state index contributed by atoms with van der Waals surface area (Å²) in [6.07, 6.45) is 5.57. The molecule has 1 atom stereocenters. The average molecular weight is 747 g/mol. The maximum atomic E-state index is 14.5. The van der Waals surface area contributed by atoms with E-state index in [9.17, 15) is 18.3 Å². The molecule has 1 saturated carbocycles. The lowest BCUT2D eigenvalue weighted by Crippen LogP contribution is -2.38. The molecule has 5 heterocycles. The number of fused-ring (bicyclic) bond motifs is 2. The zero-order valence-corrected chi connectivity index (χ0v) is 32.5. The van der Waals surface area contributed by atoms with Crippen molar-refractivity contribution in [3.63, 3.8) is 0 Å². The summed E-state index contributed by atoms with van der Waals surface area (Å²) in [6, 6.07) is 9.41. The Morgan fingerprint density at radius 1 is 1.08 bits per heavy atom. The Hall–Kier alpha value is -4.11. The van der Waals surface area contributed by atoms with Gasteiger partial charge in [-0.05, 0) is 107 Å². The SMILES string of the molecule is COC1CCN(CCOc2nc3c(cc2C)S(=O)(=O)N(Cc2cc([C@@H](c4ccn5c(C)nnc5c4C)C(C)(C)C(=O)O)ccc2C)CC2(CC2)O3)CC1. The molecule has 4 aromatic rings. The first-order valence-electron chi connectivity index (χ1n) is 18.4. The van der Waals surface area contributed by atoms with Crippen LogP contribution in [0.2, 0.25) is 0 Å². The second-order valence-electron chi connectivity index (χ2n) is 15.6. The molecule has 0 amide bonds. The number of aliphatic carboxylic acids is 1. The number of carbonyl (C=O) groups is 1. The number of benzene rings is 1. The molecule has 53 heavy (non-hydrogen) atoms. The molecule has 0 radical (unpaired) electrons. The number of hydrogen-bond acceptors (Lipinski definition) is 10. The van der Waals surface area contributed by atoms with Crippen LogP contribution in [0.1, 0.15) is 84.7 Å². The van der Waals surface area contributed by atoms with Gasteiger partial charge in [-0.25, -0.2) is 8.42 Å². The number of carboxylic acid groups (broad SMARTS) is 1. The van der Waals surface area contributed by atoms with Crippen molar-refractivity contribution in [2.24, 2.45) is 5.41 Å². The van der Waals surface area contributed by atoms with Gasteiger partial charge in [0.15, 0.2) is 5.65 Å². The lowest BCUT2D eigenvalue weighted by Gasteiger charge is -2.33. The van der Waals surface area contributed by atoms with Crippen LogP contribution in [0.15, 0.2) is 41.4 Å². The van der Waals surface area contributed by atoms with Crippen molar-refractivity contribution in [3.8, 4) is 11.8 Å². The summed E-state index contributed by atoms with van der Waals surface area (Å²) in [7, 11) is -2.29. The molecule has 2 aliphatic heterocycles. The first kappa shape index (κ1) is 37.2. The molecule has 284 valence electrons. The van der Waals surface area contributed by atoms with Crippen LogP contribution in [0.4, 0.5) is 0 Å². The van der Waals surface area contributed by atoms with E-state index in [0.29, 0.717) is 42.6 Å². The molecule has 7 rings (SSSR count). The van der Waals surface area contributed by atoms with Crippen LogP contribution in [0, 0.1) is 33.1 Å². The number of hydrogen-bond donors (Lipinski definition) is 1. The number of ether oxygens (including phenoxy) is 3. The Balaban J connectivity index is 1.18. The number of nitrogens with zero attached hydrogens (tertiary/aromatic N) is 6. The van der Waals surface area contributed by atoms with Crippen molar-refractivity contribution in [1.29, 1.82) is 0 Å². The first-order chi connectivity index (χ1) is 25.1. The second kappa shape index (κ2) is 13.9. The second-order valence-corrected chi connectivity index (χ2v) is 17.5. The van der Waals surface area contributed by atoms with E-state index in [1.165, 1.54) is 4.31 Å². The number of sulfonamides is 1. The molecular weight excluding hydrogens is 697 g/mol. The van der Waals surface area contributed by atoms with Crippen LogP contribution in [0.5, 0.6) is 11.8 Å². The summed E-state index contributed by atoms with van der Waals surface area (Å²) in [5.74, 6) is -0.320. The Labute approximate surface area is 311 Å². The summed E-state index contributed by atoms with van der Waals surface area (Å²) in [5, 5.41) is 19.1. The maximum Gasteiger partial charge on any atom is 0.310 e. The van der Waals surface area contributed by atoms with Gasteiger partial charge >= 0.3 is 5.97 Å². The predicted molar refractivity (Wildman–Crippen MR) is 198 cm³/mol. The number of likely N-dealkylation sites (tertiary alicyclic amines) is 1. The van der Waals surface area contributed by atoms with Crippen molar-refractivity contribution in [2.75, 3.05) is 39.9 Å². The molecule has 3 aliphatic rings. The fraction of sp³-hybridized carbons (Fsp3) is 0.538. The topological polar surface area (TPSA) is 149 Å². The lowest BCUT2D eigenvalue weighted by molar-refractivity contribution is -0.147. The van der Waals surface area contributed by atoms with E-state index < -0.39 is 32.9 Å². The van der Waals surface area contributed by atoms with Crippen LogP contribution in [0.3, 0.4) is 0 Å². The number of pyridine rings is 2. The summed E-state index contributed by atoms with van der Waals surface area (Å²) in [6.45, 7) is 14.3. The van der Waals surface area contributed by atoms with Gasteiger partial charge in [-0.3, -0.25) is 14.1 Å². The molecule has 1 N–H and O–H groups in total. The molecule has 2 fully saturated rings. The number of rotatable bonds is 11. The molecule has 1 spiro atoms. The van der Waals surface area contributed by atoms with Crippen LogP contribution in [-0.2, 0) is 26.1 Å². The van der Waals surface area contributed by atoms with Crippen molar-refractivity contribution in [3.05, 3.63) is 75.7 Å². The molecule has 1 saturated heterocycles. The molecule has 14 heteroatoms. The van der Waals surface area contributed by atoms with E-state index in [4.69, 9.17) is 14.2 Å². The van der Waals surface area contributed by atoms with Crippen molar-refractivity contribution in [2.45, 2.75) is 96.3 Å². The highest BCUT2D eigenvalue weighted by atomic mass is 32.2. The van der Waals surface area contributed by atoms with Gasteiger partial charge in [0.25, 0.3) is 0 Å². The van der Waals surface area contributed by atoms with Gasteiger partial charge in [0.05, 0.1) is 18.1 Å². The van der Waals surface area contributed by atoms with E-state index in [0.717, 1.165) is 66.1 Å². The monoisotopic (exact) mass is 746 g/mol. The van der Waals surface area contributed by atoms with Crippen molar-refractivity contribution in [1.82, 2.24) is 28.8 Å². The van der Waals surface area contributed by atoms with E-state index in [-0.39, 0.29) is 23.9 Å². The third kappa shape index (κ3) is 7.02. The predicted octanol–water partition coefficient (Wildman–Crippen LogP) is 5.21. The largest absolute Gasteiger partial charge is 0.481 e. The molecule has 1 aliphatic carbocycles. The summed E-state index contributed by atoms with van der Waals surface area (Å²) in [4.78, 5) is 19.9. The zero-order valence-electron chi connectivity index (χ0n) is 31.7. The minimum atomic E-state index is -4.05. The van der Waals surface area contributed by atoms with E-state index in [2.05, 4.69) is 20.1 Å². The van der Waals surface area contributed by atoms with Gasteiger partial charge in [-0.1, -0.05) is 18.2 Å². The molecule has 0 unspecified atom stereocenters. The van der Waals surface area contributed by atoms with Crippen LogP contribution < -0.4 is 9.47 Å². The minimum Gasteiger partial charge on any atom is -0.481 e. The fourth-order valence-electron chi connectivity index (χ4n) is 7.79. The van der Waals surface area contributed by atoms with E-state index >= 15 is 0 Å². The number of piperidine rings is 1. The first-order valence-corrected chi connectivity index (χ1v) is 19.8. The number of aryl methyl sites for hydroxylation is 4. The smallest absolute Gasteiger partial charge is 0.310 e. The van der Waals surface area contributed by atoms with Gasteiger partial charge in [-0.2, -0.15) is 9.29 Å². The zero-order chi connectivity index (χ0) is 37.9. The maximum absolute atomic E-state index is 14.5. The summed E-state index contributed by atoms with van der Waals surface area (Å²) >= 11 is 0. The Kier molecular flexibility index (Phi) is 9.79. The van der Waals surface area contributed by atoms with Gasteiger partial charge in [0.2, 0.25) is 21.8 Å². The molecule has 3 aromatic heterocycles. The fourth-order valence-corrected chi connectivity index (χ4v) is 9.41. The highest BCUT2D eigenvalue weighted by molar-refractivity contribution is 7.89. The number of carboxylic acids is 1. The van der Waals surface area contributed by atoms with E-state index in [1.54, 1.807) is 27.0 Å².